The third kappa shape index (κ3) is 4.17. The molecule has 19 heavy (non-hydrogen) atoms. The molecule has 0 aliphatic heterocycles. The zero-order chi connectivity index (χ0) is 13.8. The summed E-state index contributed by atoms with van der Waals surface area (Å²) < 4.78 is 28.1. The predicted molar refractivity (Wildman–Crippen MR) is 71.9 cm³/mol. The Morgan fingerprint density at radius 2 is 1.79 bits per heavy atom. The summed E-state index contributed by atoms with van der Waals surface area (Å²) >= 11 is 0. The van der Waals surface area contributed by atoms with Gasteiger partial charge in [0.15, 0.2) is 0 Å². The fraction of sp³-hybridized carbons (Fsp3) is 0.333. The lowest BCUT2D eigenvalue weighted by Crippen LogP contribution is -2.21. The number of nitrogens with one attached hydrogen (secondary N) is 1. The van der Waals surface area contributed by atoms with Gasteiger partial charge < -0.3 is 9.88 Å². The van der Waals surface area contributed by atoms with Crippen LogP contribution in [0, 0.1) is 11.6 Å². The molecule has 0 radical (unpaired) electrons. The second-order valence-corrected chi connectivity index (χ2v) is 5.01. The van der Waals surface area contributed by atoms with Gasteiger partial charge in [-0.2, -0.15) is 0 Å². The minimum Gasteiger partial charge on any atom is -0.350 e. The van der Waals surface area contributed by atoms with Crippen molar-refractivity contribution in [3.05, 3.63) is 59.4 Å². The Bertz CT molecular complexity index is 527. The molecule has 0 spiro atoms. The van der Waals surface area contributed by atoms with Gasteiger partial charge in [0, 0.05) is 37.6 Å². The molecule has 1 heterocycles. The second-order valence-electron chi connectivity index (χ2n) is 5.01. The molecule has 1 N–H and O–H groups in total. The van der Waals surface area contributed by atoms with Crippen molar-refractivity contribution in [1.29, 1.82) is 0 Å². The average molecular weight is 264 g/mol. The standard InChI is InChI=1S/C15H18F2N2/c1-11(2)18-8-12-3-4-19(9-12)10-13-5-14(16)7-15(17)6-13/h3-7,9,11,18H,8,10H2,1-2H3. The van der Waals surface area contributed by atoms with Gasteiger partial charge in [-0.15, -0.1) is 0 Å². The van der Waals surface area contributed by atoms with Crippen LogP contribution in [0.2, 0.25) is 0 Å². The molecular formula is C15H18F2N2. The van der Waals surface area contributed by atoms with Gasteiger partial charge in [0.1, 0.15) is 11.6 Å². The fourth-order valence-corrected chi connectivity index (χ4v) is 1.93. The smallest absolute Gasteiger partial charge is 0.126 e. The van der Waals surface area contributed by atoms with Crippen LogP contribution < -0.4 is 5.32 Å². The van der Waals surface area contributed by atoms with E-state index < -0.39 is 11.6 Å². The van der Waals surface area contributed by atoms with Crippen LogP contribution in [0.4, 0.5) is 8.78 Å². The Balaban J connectivity index is 2.03. The topological polar surface area (TPSA) is 17.0 Å². The van der Waals surface area contributed by atoms with E-state index in [-0.39, 0.29) is 0 Å². The van der Waals surface area contributed by atoms with Crippen molar-refractivity contribution >= 4 is 0 Å². The lowest BCUT2D eigenvalue weighted by atomic mass is 10.2. The number of hydrogen-bond donors (Lipinski definition) is 1. The molecule has 0 aliphatic carbocycles. The van der Waals surface area contributed by atoms with E-state index in [9.17, 15) is 8.78 Å². The van der Waals surface area contributed by atoms with Crippen LogP contribution in [0.5, 0.6) is 0 Å². The lowest BCUT2D eigenvalue weighted by Gasteiger charge is -2.06. The zero-order valence-electron chi connectivity index (χ0n) is 11.2. The maximum absolute atomic E-state index is 13.1. The van der Waals surface area contributed by atoms with Crippen molar-refractivity contribution in [2.45, 2.75) is 33.0 Å². The van der Waals surface area contributed by atoms with Crippen LogP contribution in [0.1, 0.15) is 25.0 Å². The summed E-state index contributed by atoms with van der Waals surface area (Å²) in [6, 6.07) is 6.03. The zero-order valence-corrected chi connectivity index (χ0v) is 11.2. The highest BCUT2D eigenvalue weighted by Gasteiger charge is 2.03. The number of benzene rings is 1. The molecule has 0 fully saturated rings. The second kappa shape index (κ2) is 5.97. The molecule has 1 aromatic carbocycles. The van der Waals surface area contributed by atoms with Crippen molar-refractivity contribution in [1.82, 2.24) is 9.88 Å². The minimum absolute atomic E-state index is 0.431. The van der Waals surface area contributed by atoms with Crippen molar-refractivity contribution in [3.8, 4) is 0 Å². The first-order valence-electron chi connectivity index (χ1n) is 6.36. The van der Waals surface area contributed by atoms with Gasteiger partial charge in [-0.25, -0.2) is 8.78 Å². The van der Waals surface area contributed by atoms with Crippen LogP contribution in [0.25, 0.3) is 0 Å². The summed E-state index contributed by atoms with van der Waals surface area (Å²) in [5.74, 6) is -1.08. The molecule has 2 aromatic rings. The molecule has 102 valence electrons. The summed E-state index contributed by atoms with van der Waals surface area (Å²) in [6.45, 7) is 5.44. The molecular weight excluding hydrogens is 246 g/mol. The number of rotatable bonds is 5. The van der Waals surface area contributed by atoms with E-state index in [2.05, 4.69) is 19.2 Å². The first-order valence-corrected chi connectivity index (χ1v) is 6.36. The Hall–Kier alpha value is -1.68. The minimum atomic E-state index is -0.538. The van der Waals surface area contributed by atoms with E-state index in [4.69, 9.17) is 0 Å². The van der Waals surface area contributed by atoms with E-state index in [1.165, 1.54) is 12.1 Å². The quantitative estimate of drug-likeness (QED) is 0.876. The molecule has 2 nitrogen and oxygen atoms in total. The van der Waals surface area contributed by atoms with Gasteiger partial charge in [-0.1, -0.05) is 13.8 Å². The van der Waals surface area contributed by atoms with Gasteiger partial charge in [-0.05, 0) is 29.3 Å². The van der Waals surface area contributed by atoms with Crippen molar-refractivity contribution in [2.75, 3.05) is 0 Å². The van der Waals surface area contributed by atoms with Crippen LogP contribution in [-0.2, 0) is 13.1 Å². The van der Waals surface area contributed by atoms with Gasteiger partial charge in [0.2, 0.25) is 0 Å². The van der Waals surface area contributed by atoms with E-state index >= 15 is 0 Å². The summed E-state index contributed by atoms with van der Waals surface area (Å²) in [5, 5.41) is 3.32. The van der Waals surface area contributed by atoms with Gasteiger partial charge in [0.05, 0.1) is 0 Å². The number of halogens is 2. The molecule has 0 saturated heterocycles. The largest absolute Gasteiger partial charge is 0.350 e. The van der Waals surface area contributed by atoms with Crippen molar-refractivity contribution < 1.29 is 8.78 Å². The lowest BCUT2D eigenvalue weighted by molar-refractivity contribution is 0.577. The molecule has 4 heteroatoms. The Kier molecular flexibility index (Phi) is 4.32. The first-order chi connectivity index (χ1) is 9.02. The number of aromatic nitrogens is 1. The van der Waals surface area contributed by atoms with Gasteiger partial charge in [-0.3, -0.25) is 0 Å². The molecule has 0 unspecified atom stereocenters. The fourth-order valence-electron chi connectivity index (χ4n) is 1.93. The maximum Gasteiger partial charge on any atom is 0.126 e. The van der Waals surface area contributed by atoms with Crippen LogP contribution in [-0.4, -0.2) is 10.6 Å². The monoisotopic (exact) mass is 264 g/mol. The van der Waals surface area contributed by atoms with Crippen molar-refractivity contribution in [2.24, 2.45) is 0 Å². The molecule has 1 aromatic heterocycles. The third-order valence-corrected chi connectivity index (χ3v) is 2.81. The molecule has 0 atom stereocenters. The van der Waals surface area contributed by atoms with E-state index in [0.717, 1.165) is 18.2 Å². The normalized spacial score (nSPS) is 11.2. The first kappa shape index (κ1) is 13.7. The summed E-state index contributed by atoms with van der Waals surface area (Å²) in [7, 11) is 0. The van der Waals surface area contributed by atoms with E-state index in [1.807, 2.05) is 23.0 Å². The SMILES string of the molecule is CC(C)NCc1ccn(Cc2cc(F)cc(F)c2)c1. The number of nitrogens with zero attached hydrogens (tertiary/aromatic N) is 1. The molecule has 0 saturated carbocycles. The molecule has 0 bridgehead atoms. The highest BCUT2D eigenvalue weighted by atomic mass is 19.1. The van der Waals surface area contributed by atoms with Gasteiger partial charge >= 0.3 is 0 Å². The van der Waals surface area contributed by atoms with Crippen LogP contribution in [0.3, 0.4) is 0 Å². The van der Waals surface area contributed by atoms with Crippen LogP contribution in [0.15, 0.2) is 36.7 Å². The van der Waals surface area contributed by atoms with E-state index in [1.54, 1.807) is 0 Å². The summed E-state index contributed by atoms with van der Waals surface area (Å²) in [5.41, 5.74) is 1.78. The van der Waals surface area contributed by atoms with Crippen LogP contribution >= 0.6 is 0 Å². The molecule has 0 amide bonds. The summed E-state index contributed by atoms with van der Waals surface area (Å²) in [6.07, 6.45) is 3.90. The Morgan fingerprint density at radius 1 is 1.11 bits per heavy atom. The highest BCUT2D eigenvalue weighted by Crippen LogP contribution is 2.11. The van der Waals surface area contributed by atoms with E-state index in [0.29, 0.717) is 18.2 Å². The highest BCUT2D eigenvalue weighted by molar-refractivity contribution is 5.19. The summed E-state index contributed by atoms with van der Waals surface area (Å²) in [4.78, 5) is 0. The predicted octanol–water partition coefficient (Wildman–Crippen LogP) is 3.31. The van der Waals surface area contributed by atoms with Gasteiger partial charge in [0.25, 0.3) is 0 Å². The third-order valence-electron chi connectivity index (χ3n) is 2.81. The maximum atomic E-state index is 13.1. The number of hydrogen-bond acceptors (Lipinski definition) is 1. The Morgan fingerprint density at radius 3 is 2.42 bits per heavy atom. The molecule has 2 rings (SSSR count). The Labute approximate surface area is 112 Å². The average Bonchev–Trinajstić information content (AvgIpc) is 2.72. The molecule has 0 aliphatic rings. The van der Waals surface area contributed by atoms with Crippen molar-refractivity contribution in [3.63, 3.8) is 0 Å².